The molecule has 0 aliphatic carbocycles. The molecule has 0 amide bonds. The number of hydrogen-bond donors (Lipinski definition) is 0. The van der Waals surface area contributed by atoms with Gasteiger partial charge in [-0.15, -0.1) is 0 Å². The number of benzene rings is 2. The molecule has 0 saturated carbocycles. The van der Waals surface area contributed by atoms with Crippen LogP contribution in [0.15, 0.2) is 64.1 Å². The van der Waals surface area contributed by atoms with Gasteiger partial charge in [-0.25, -0.2) is 9.78 Å². The Morgan fingerprint density at radius 3 is 2.96 bits per heavy atom. The van der Waals surface area contributed by atoms with E-state index in [-0.39, 0.29) is 5.63 Å². The van der Waals surface area contributed by atoms with Crippen molar-refractivity contribution in [1.82, 2.24) is 9.55 Å². The Bertz CT molecular complexity index is 1090. The molecule has 25 heavy (non-hydrogen) atoms. The Morgan fingerprint density at radius 2 is 2.04 bits per heavy atom. The predicted molar refractivity (Wildman–Crippen MR) is 97.1 cm³/mol. The summed E-state index contributed by atoms with van der Waals surface area (Å²) >= 11 is 0. The fourth-order valence-corrected chi connectivity index (χ4v) is 3.01. The number of imidazole rings is 1. The van der Waals surface area contributed by atoms with E-state index in [1.807, 2.05) is 43.6 Å². The van der Waals surface area contributed by atoms with Crippen molar-refractivity contribution in [2.45, 2.75) is 19.9 Å². The lowest BCUT2D eigenvalue weighted by Gasteiger charge is -2.08. The lowest BCUT2D eigenvalue weighted by Crippen LogP contribution is -2.04. The van der Waals surface area contributed by atoms with Gasteiger partial charge in [-0.05, 0) is 43.2 Å². The second-order valence-corrected chi connectivity index (χ2v) is 6.04. The van der Waals surface area contributed by atoms with Crippen molar-refractivity contribution in [3.8, 4) is 5.75 Å². The molecule has 0 saturated heterocycles. The SMILES string of the molecule is Cc1cc(=O)oc2cc(OCCCn3cnc4ccccc43)ccc12. The highest BCUT2D eigenvalue weighted by Gasteiger charge is 2.05. The molecule has 0 spiro atoms. The normalized spacial score (nSPS) is 11.2. The van der Waals surface area contributed by atoms with Crippen LogP contribution in [-0.2, 0) is 6.54 Å². The number of aryl methyl sites for hydroxylation is 2. The van der Waals surface area contributed by atoms with Gasteiger partial charge in [0, 0.05) is 24.1 Å². The molecule has 0 N–H and O–H groups in total. The van der Waals surface area contributed by atoms with Gasteiger partial charge >= 0.3 is 5.63 Å². The Kier molecular flexibility index (Phi) is 3.98. The third kappa shape index (κ3) is 3.13. The summed E-state index contributed by atoms with van der Waals surface area (Å²) in [6.45, 7) is 3.31. The van der Waals surface area contributed by atoms with E-state index >= 15 is 0 Å². The Labute approximate surface area is 144 Å². The first-order valence-electron chi connectivity index (χ1n) is 8.28. The monoisotopic (exact) mass is 334 g/mol. The minimum Gasteiger partial charge on any atom is -0.493 e. The molecule has 5 heteroatoms. The predicted octanol–water partition coefficient (Wildman–Crippen LogP) is 3.92. The van der Waals surface area contributed by atoms with Crippen LogP contribution in [0.25, 0.3) is 22.0 Å². The van der Waals surface area contributed by atoms with Gasteiger partial charge < -0.3 is 13.7 Å². The highest BCUT2D eigenvalue weighted by atomic mass is 16.5. The maximum atomic E-state index is 11.5. The van der Waals surface area contributed by atoms with Crippen molar-refractivity contribution in [3.05, 3.63) is 70.8 Å². The van der Waals surface area contributed by atoms with Crippen molar-refractivity contribution >= 4 is 22.0 Å². The van der Waals surface area contributed by atoms with Crippen molar-refractivity contribution in [3.63, 3.8) is 0 Å². The van der Waals surface area contributed by atoms with Crippen molar-refractivity contribution in [1.29, 1.82) is 0 Å². The van der Waals surface area contributed by atoms with Crippen molar-refractivity contribution in [2.24, 2.45) is 0 Å². The van der Waals surface area contributed by atoms with Crippen LogP contribution >= 0.6 is 0 Å². The molecule has 5 nitrogen and oxygen atoms in total. The van der Waals surface area contributed by atoms with Crippen LogP contribution in [0.4, 0.5) is 0 Å². The van der Waals surface area contributed by atoms with Gasteiger partial charge in [-0.1, -0.05) is 12.1 Å². The van der Waals surface area contributed by atoms with E-state index in [1.165, 1.54) is 6.07 Å². The average Bonchev–Trinajstić information content (AvgIpc) is 3.01. The molecule has 4 aromatic rings. The summed E-state index contributed by atoms with van der Waals surface area (Å²) < 4.78 is 13.2. The highest BCUT2D eigenvalue weighted by Crippen LogP contribution is 2.22. The van der Waals surface area contributed by atoms with Crippen LogP contribution in [-0.4, -0.2) is 16.2 Å². The number of ether oxygens (including phenoxy) is 1. The van der Waals surface area contributed by atoms with Crippen LogP contribution in [0.3, 0.4) is 0 Å². The molecule has 0 atom stereocenters. The first-order chi connectivity index (χ1) is 12.2. The van der Waals surface area contributed by atoms with Gasteiger partial charge in [0.05, 0.1) is 24.0 Å². The smallest absolute Gasteiger partial charge is 0.336 e. The summed E-state index contributed by atoms with van der Waals surface area (Å²) in [5.74, 6) is 0.705. The van der Waals surface area contributed by atoms with E-state index in [1.54, 1.807) is 6.07 Å². The van der Waals surface area contributed by atoms with E-state index in [0.29, 0.717) is 17.9 Å². The van der Waals surface area contributed by atoms with Gasteiger partial charge in [-0.2, -0.15) is 0 Å². The molecule has 0 aliphatic rings. The molecular formula is C20H18N2O3. The molecule has 126 valence electrons. The molecular weight excluding hydrogens is 316 g/mol. The van der Waals surface area contributed by atoms with Crippen molar-refractivity contribution in [2.75, 3.05) is 6.61 Å². The summed E-state index contributed by atoms with van der Waals surface area (Å²) in [7, 11) is 0. The van der Waals surface area contributed by atoms with Gasteiger partial charge in [0.2, 0.25) is 0 Å². The number of hydrogen-bond acceptors (Lipinski definition) is 4. The largest absolute Gasteiger partial charge is 0.493 e. The molecule has 0 unspecified atom stereocenters. The molecule has 0 fully saturated rings. The van der Waals surface area contributed by atoms with Gasteiger partial charge in [0.15, 0.2) is 0 Å². The van der Waals surface area contributed by atoms with E-state index in [9.17, 15) is 4.79 Å². The van der Waals surface area contributed by atoms with Gasteiger partial charge in [0.1, 0.15) is 11.3 Å². The van der Waals surface area contributed by atoms with E-state index in [4.69, 9.17) is 9.15 Å². The van der Waals surface area contributed by atoms with Gasteiger partial charge in [0.25, 0.3) is 0 Å². The third-order valence-electron chi connectivity index (χ3n) is 4.26. The number of nitrogens with zero attached hydrogens (tertiary/aromatic N) is 2. The molecule has 4 rings (SSSR count). The summed E-state index contributed by atoms with van der Waals surface area (Å²) in [4.78, 5) is 15.9. The Hall–Kier alpha value is -3.08. The van der Waals surface area contributed by atoms with Crippen LogP contribution in [0.2, 0.25) is 0 Å². The minimum absolute atomic E-state index is 0.339. The number of aromatic nitrogens is 2. The topological polar surface area (TPSA) is 57.3 Å². The zero-order valence-corrected chi connectivity index (χ0v) is 13.9. The standard InChI is InChI=1S/C20H18N2O3/c1-14-11-20(23)25-19-12-15(7-8-16(14)19)24-10-4-9-22-13-21-17-5-2-3-6-18(17)22/h2-3,5-8,11-13H,4,9-10H2,1H3. The van der Waals surface area contributed by atoms with Crippen LogP contribution in [0.1, 0.15) is 12.0 Å². The summed E-state index contributed by atoms with van der Waals surface area (Å²) in [6.07, 6.45) is 2.72. The first-order valence-corrected chi connectivity index (χ1v) is 8.28. The maximum absolute atomic E-state index is 11.5. The second-order valence-electron chi connectivity index (χ2n) is 6.04. The lowest BCUT2D eigenvalue weighted by molar-refractivity contribution is 0.302. The van der Waals surface area contributed by atoms with Gasteiger partial charge in [-0.3, -0.25) is 0 Å². The zero-order valence-electron chi connectivity index (χ0n) is 13.9. The van der Waals surface area contributed by atoms with E-state index in [2.05, 4.69) is 15.6 Å². The zero-order chi connectivity index (χ0) is 17.2. The summed E-state index contributed by atoms with van der Waals surface area (Å²) in [5, 5.41) is 0.928. The summed E-state index contributed by atoms with van der Waals surface area (Å²) in [6, 6.07) is 15.2. The molecule has 2 aromatic carbocycles. The quantitative estimate of drug-likeness (QED) is 0.410. The second kappa shape index (κ2) is 6.43. The molecule has 2 aromatic heterocycles. The highest BCUT2D eigenvalue weighted by molar-refractivity contribution is 5.81. The Balaban J connectivity index is 1.41. The van der Waals surface area contributed by atoms with Crippen LogP contribution in [0, 0.1) is 6.92 Å². The van der Waals surface area contributed by atoms with Crippen molar-refractivity contribution < 1.29 is 9.15 Å². The maximum Gasteiger partial charge on any atom is 0.336 e. The molecule has 0 aliphatic heterocycles. The fraction of sp³-hybridized carbons (Fsp3) is 0.200. The number of fused-ring (bicyclic) bond motifs is 2. The van der Waals surface area contributed by atoms with E-state index < -0.39 is 0 Å². The molecule has 2 heterocycles. The summed E-state index contributed by atoms with van der Waals surface area (Å²) in [5.41, 5.74) is 3.26. The van der Waals surface area contributed by atoms with E-state index in [0.717, 1.165) is 34.9 Å². The van der Waals surface area contributed by atoms with Crippen LogP contribution < -0.4 is 10.4 Å². The minimum atomic E-state index is -0.339. The average molecular weight is 334 g/mol. The first kappa shape index (κ1) is 15.4. The third-order valence-corrected chi connectivity index (χ3v) is 4.26. The molecule has 0 bridgehead atoms. The molecule has 0 radical (unpaired) electrons. The number of para-hydroxylation sites is 2. The fourth-order valence-electron chi connectivity index (χ4n) is 3.01. The van der Waals surface area contributed by atoms with Crippen LogP contribution in [0.5, 0.6) is 5.75 Å². The number of rotatable bonds is 5. The Morgan fingerprint density at radius 1 is 1.16 bits per heavy atom. The lowest BCUT2D eigenvalue weighted by atomic mass is 10.1.